The van der Waals surface area contributed by atoms with Gasteiger partial charge in [0.2, 0.25) is 0 Å². The van der Waals surface area contributed by atoms with Crippen LogP contribution in [0.15, 0.2) is 30.5 Å². The van der Waals surface area contributed by atoms with E-state index in [1.165, 1.54) is 0 Å². The molecule has 1 aromatic carbocycles. The van der Waals surface area contributed by atoms with Crippen LogP contribution in [0.1, 0.15) is 59.0 Å². The Morgan fingerprint density at radius 2 is 1.81 bits per heavy atom. The zero-order valence-electron chi connectivity index (χ0n) is 18.3. The lowest BCUT2D eigenvalue weighted by Gasteiger charge is -2.36. The molecule has 2 fully saturated rings. The first kappa shape index (κ1) is 21.4. The Labute approximate surface area is 182 Å². The van der Waals surface area contributed by atoms with Crippen LogP contribution >= 0.6 is 0 Å². The zero-order valence-corrected chi connectivity index (χ0v) is 18.3. The second-order valence-electron chi connectivity index (χ2n) is 8.46. The summed E-state index contributed by atoms with van der Waals surface area (Å²) < 4.78 is 11.0. The van der Waals surface area contributed by atoms with E-state index in [1.54, 1.807) is 19.4 Å². The molecular formula is C23H30N4O4. The second kappa shape index (κ2) is 9.09. The lowest BCUT2D eigenvalue weighted by Crippen LogP contribution is -2.48. The number of amides is 2. The molecule has 0 radical (unpaired) electrons. The van der Waals surface area contributed by atoms with Crippen LogP contribution in [-0.2, 0) is 4.74 Å². The summed E-state index contributed by atoms with van der Waals surface area (Å²) in [5, 5.41) is 7.23. The van der Waals surface area contributed by atoms with E-state index in [9.17, 15) is 9.59 Å². The van der Waals surface area contributed by atoms with Gasteiger partial charge in [-0.2, -0.15) is 5.10 Å². The van der Waals surface area contributed by atoms with Crippen molar-refractivity contribution >= 4 is 11.8 Å². The number of aromatic amines is 1. The summed E-state index contributed by atoms with van der Waals surface area (Å²) in [4.78, 5) is 29.8. The SMILES string of the molecule is COc1cccc(C(=O)N2CCC(c3[nH]ncc3C(=O)N3CC(C)OC(C)C3)CC2)c1. The van der Waals surface area contributed by atoms with Crippen molar-refractivity contribution in [2.45, 2.75) is 44.8 Å². The molecule has 0 spiro atoms. The van der Waals surface area contributed by atoms with Crippen LogP contribution in [0.3, 0.4) is 0 Å². The van der Waals surface area contributed by atoms with Gasteiger partial charge in [-0.25, -0.2) is 0 Å². The summed E-state index contributed by atoms with van der Waals surface area (Å²) in [6.45, 7) is 6.42. The molecule has 4 rings (SSSR count). The molecule has 2 aliphatic rings. The molecule has 0 saturated carbocycles. The Morgan fingerprint density at radius 1 is 1.10 bits per heavy atom. The van der Waals surface area contributed by atoms with E-state index in [-0.39, 0.29) is 29.9 Å². The van der Waals surface area contributed by atoms with E-state index < -0.39 is 0 Å². The minimum atomic E-state index is 0.000589. The van der Waals surface area contributed by atoms with Crippen LogP contribution in [-0.4, -0.2) is 77.3 Å². The Morgan fingerprint density at radius 3 is 2.48 bits per heavy atom. The molecule has 2 unspecified atom stereocenters. The molecule has 166 valence electrons. The molecular weight excluding hydrogens is 396 g/mol. The van der Waals surface area contributed by atoms with Crippen LogP contribution in [0.2, 0.25) is 0 Å². The zero-order chi connectivity index (χ0) is 22.0. The minimum absolute atomic E-state index is 0.000589. The Bertz CT molecular complexity index is 925. The predicted molar refractivity (Wildman–Crippen MR) is 115 cm³/mol. The van der Waals surface area contributed by atoms with Crippen LogP contribution in [0.5, 0.6) is 5.75 Å². The molecule has 2 aromatic rings. The summed E-state index contributed by atoms with van der Waals surface area (Å²) in [6.07, 6.45) is 3.25. The van der Waals surface area contributed by atoms with Crippen LogP contribution in [0.25, 0.3) is 0 Å². The predicted octanol–water partition coefficient (Wildman–Crippen LogP) is 2.69. The molecule has 3 heterocycles. The van der Waals surface area contributed by atoms with E-state index in [0.29, 0.717) is 43.1 Å². The van der Waals surface area contributed by atoms with E-state index in [0.717, 1.165) is 18.5 Å². The van der Waals surface area contributed by atoms with Gasteiger partial charge in [-0.3, -0.25) is 14.7 Å². The summed E-state index contributed by atoms with van der Waals surface area (Å²) >= 11 is 0. The lowest BCUT2D eigenvalue weighted by molar-refractivity contribution is -0.0586. The number of H-pyrrole nitrogens is 1. The smallest absolute Gasteiger partial charge is 0.257 e. The number of rotatable bonds is 4. The second-order valence-corrected chi connectivity index (χ2v) is 8.46. The fraction of sp³-hybridized carbons (Fsp3) is 0.522. The average molecular weight is 427 g/mol. The van der Waals surface area contributed by atoms with Crippen LogP contribution in [0.4, 0.5) is 0 Å². The highest BCUT2D eigenvalue weighted by Gasteiger charge is 2.32. The van der Waals surface area contributed by atoms with Crippen molar-refractivity contribution in [3.8, 4) is 5.75 Å². The number of nitrogens with one attached hydrogen (secondary N) is 1. The van der Waals surface area contributed by atoms with Crippen molar-refractivity contribution in [1.29, 1.82) is 0 Å². The molecule has 2 saturated heterocycles. The van der Waals surface area contributed by atoms with Crippen molar-refractivity contribution in [3.05, 3.63) is 47.3 Å². The van der Waals surface area contributed by atoms with Gasteiger partial charge in [0.25, 0.3) is 11.8 Å². The highest BCUT2D eigenvalue weighted by atomic mass is 16.5. The first-order valence-corrected chi connectivity index (χ1v) is 10.9. The highest BCUT2D eigenvalue weighted by molar-refractivity contribution is 5.96. The number of carbonyl (C=O) groups is 2. The molecule has 8 nitrogen and oxygen atoms in total. The Balaban J connectivity index is 1.41. The third kappa shape index (κ3) is 4.58. The van der Waals surface area contributed by atoms with Gasteiger partial charge in [0.15, 0.2) is 0 Å². The van der Waals surface area contributed by atoms with Gasteiger partial charge in [0.05, 0.1) is 36.8 Å². The molecule has 31 heavy (non-hydrogen) atoms. The fourth-order valence-corrected chi connectivity index (χ4v) is 4.60. The number of piperidine rings is 1. The highest BCUT2D eigenvalue weighted by Crippen LogP contribution is 2.30. The van der Waals surface area contributed by atoms with Crippen molar-refractivity contribution in [1.82, 2.24) is 20.0 Å². The quantitative estimate of drug-likeness (QED) is 0.812. The van der Waals surface area contributed by atoms with Gasteiger partial charge >= 0.3 is 0 Å². The molecule has 8 heteroatoms. The molecule has 0 aliphatic carbocycles. The van der Waals surface area contributed by atoms with Crippen molar-refractivity contribution in [2.75, 3.05) is 33.3 Å². The average Bonchev–Trinajstić information content (AvgIpc) is 3.27. The summed E-state index contributed by atoms with van der Waals surface area (Å²) in [5.74, 6) is 0.856. The van der Waals surface area contributed by atoms with E-state index in [1.807, 2.05) is 41.8 Å². The largest absolute Gasteiger partial charge is 0.497 e. The van der Waals surface area contributed by atoms with E-state index in [2.05, 4.69) is 10.2 Å². The molecule has 2 amide bonds. The van der Waals surface area contributed by atoms with Gasteiger partial charge in [-0.15, -0.1) is 0 Å². The first-order chi connectivity index (χ1) is 15.0. The van der Waals surface area contributed by atoms with Gasteiger partial charge in [-0.05, 0) is 44.9 Å². The van der Waals surface area contributed by atoms with E-state index >= 15 is 0 Å². The molecule has 1 N–H and O–H groups in total. The van der Waals surface area contributed by atoms with Gasteiger partial charge in [0, 0.05) is 37.7 Å². The lowest BCUT2D eigenvalue weighted by atomic mass is 9.90. The summed E-state index contributed by atoms with van der Waals surface area (Å²) in [5.41, 5.74) is 2.15. The third-order valence-electron chi connectivity index (χ3n) is 6.11. The number of hydrogen-bond acceptors (Lipinski definition) is 5. The van der Waals surface area contributed by atoms with E-state index in [4.69, 9.17) is 9.47 Å². The number of likely N-dealkylation sites (tertiary alicyclic amines) is 1. The normalized spacial score (nSPS) is 22.4. The number of benzene rings is 1. The van der Waals surface area contributed by atoms with Gasteiger partial charge in [-0.1, -0.05) is 6.07 Å². The van der Waals surface area contributed by atoms with Crippen molar-refractivity contribution in [3.63, 3.8) is 0 Å². The molecule has 0 bridgehead atoms. The maximum Gasteiger partial charge on any atom is 0.257 e. The first-order valence-electron chi connectivity index (χ1n) is 10.9. The van der Waals surface area contributed by atoms with Gasteiger partial charge < -0.3 is 19.3 Å². The number of ether oxygens (including phenoxy) is 2. The summed E-state index contributed by atoms with van der Waals surface area (Å²) in [6, 6.07) is 7.24. The number of carbonyl (C=O) groups excluding carboxylic acids is 2. The van der Waals surface area contributed by atoms with Crippen molar-refractivity contribution < 1.29 is 19.1 Å². The molecule has 1 aromatic heterocycles. The Hall–Kier alpha value is -2.87. The van der Waals surface area contributed by atoms with Crippen molar-refractivity contribution in [2.24, 2.45) is 0 Å². The number of hydrogen-bond donors (Lipinski definition) is 1. The van der Waals surface area contributed by atoms with Crippen LogP contribution in [0, 0.1) is 0 Å². The number of morpholine rings is 1. The van der Waals surface area contributed by atoms with Gasteiger partial charge in [0.1, 0.15) is 5.75 Å². The van der Waals surface area contributed by atoms with Crippen LogP contribution < -0.4 is 4.74 Å². The molecule has 2 aliphatic heterocycles. The Kier molecular flexibility index (Phi) is 6.27. The number of aromatic nitrogens is 2. The topological polar surface area (TPSA) is 87.8 Å². The standard InChI is InChI=1S/C23H30N4O4/c1-15-13-27(14-16(2)31-15)23(29)20-12-24-25-21(20)17-7-9-26(10-8-17)22(28)18-5-4-6-19(11-18)30-3/h4-6,11-12,15-17H,7-10,13-14H2,1-3H3,(H,24,25). The minimum Gasteiger partial charge on any atom is -0.497 e. The third-order valence-corrected chi connectivity index (χ3v) is 6.11. The number of nitrogens with zero attached hydrogens (tertiary/aromatic N) is 3. The fourth-order valence-electron chi connectivity index (χ4n) is 4.60. The number of methoxy groups -OCH3 is 1. The maximum atomic E-state index is 13.2. The summed E-state index contributed by atoms with van der Waals surface area (Å²) in [7, 11) is 1.59. The molecule has 2 atom stereocenters. The monoisotopic (exact) mass is 426 g/mol. The maximum absolute atomic E-state index is 13.2.